The number of nitrogens with zero attached hydrogens (tertiary/aromatic N) is 2. The van der Waals surface area contributed by atoms with Gasteiger partial charge < -0.3 is 9.94 Å². The number of hydrogen-bond donors (Lipinski definition) is 0. The van der Waals surface area contributed by atoms with Gasteiger partial charge in [-0.25, -0.2) is 9.78 Å². The fourth-order valence-corrected chi connectivity index (χ4v) is 1.27. The Labute approximate surface area is 85.5 Å². The van der Waals surface area contributed by atoms with Crippen LogP contribution in [0.1, 0.15) is 10.5 Å². The Morgan fingerprint density at radius 1 is 1.47 bits per heavy atom. The number of aromatic nitrogens is 2. The Morgan fingerprint density at radius 3 is 3.00 bits per heavy atom. The van der Waals surface area contributed by atoms with Crippen molar-refractivity contribution in [2.45, 2.75) is 0 Å². The fourth-order valence-electron chi connectivity index (χ4n) is 1.27. The third-order valence-corrected chi connectivity index (χ3v) is 2.00. The molecule has 0 fully saturated rings. The van der Waals surface area contributed by atoms with Gasteiger partial charge in [0.15, 0.2) is 12.4 Å². The fraction of sp³-hybridized carbons (Fsp3) is 0.100. The summed E-state index contributed by atoms with van der Waals surface area (Å²) >= 11 is 0. The molecule has 0 amide bonds. The monoisotopic (exact) mass is 204 g/mol. The van der Waals surface area contributed by atoms with Crippen LogP contribution in [0.2, 0.25) is 0 Å². The molecule has 0 spiro atoms. The van der Waals surface area contributed by atoms with Crippen LogP contribution < -0.4 is 4.73 Å². The van der Waals surface area contributed by atoms with Crippen molar-refractivity contribution in [2.75, 3.05) is 7.11 Å². The highest BCUT2D eigenvalue weighted by Crippen LogP contribution is 2.10. The summed E-state index contributed by atoms with van der Waals surface area (Å²) in [5.41, 5.74) is 0.818. The first-order chi connectivity index (χ1) is 7.20. The van der Waals surface area contributed by atoms with Crippen LogP contribution in [-0.2, 0) is 4.74 Å². The zero-order valence-electron chi connectivity index (χ0n) is 8.01. The van der Waals surface area contributed by atoms with Crippen LogP contribution in [0.5, 0.6) is 0 Å². The van der Waals surface area contributed by atoms with Crippen molar-refractivity contribution >= 4 is 16.9 Å². The number of fused-ring (bicyclic) bond motifs is 1. The summed E-state index contributed by atoms with van der Waals surface area (Å²) in [6, 6.07) is 4.73. The molecule has 5 nitrogen and oxygen atoms in total. The highest BCUT2D eigenvalue weighted by atomic mass is 16.5. The van der Waals surface area contributed by atoms with E-state index in [1.165, 1.54) is 25.6 Å². The molecule has 15 heavy (non-hydrogen) atoms. The number of carbonyl (C=O) groups is 1. The molecule has 76 valence electrons. The summed E-state index contributed by atoms with van der Waals surface area (Å²) in [7, 11) is 1.30. The Hall–Kier alpha value is -2.17. The summed E-state index contributed by atoms with van der Waals surface area (Å²) in [4.78, 5) is 15.2. The van der Waals surface area contributed by atoms with Crippen LogP contribution in [0.4, 0.5) is 0 Å². The van der Waals surface area contributed by atoms with Crippen molar-refractivity contribution in [1.82, 2.24) is 4.98 Å². The maximum atomic E-state index is 11.2. The highest BCUT2D eigenvalue weighted by molar-refractivity contribution is 5.90. The van der Waals surface area contributed by atoms with Crippen molar-refractivity contribution in [3.05, 3.63) is 41.5 Å². The predicted octanol–water partition coefficient (Wildman–Crippen LogP) is 0.655. The van der Waals surface area contributed by atoms with Gasteiger partial charge in [0.2, 0.25) is 0 Å². The van der Waals surface area contributed by atoms with E-state index in [9.17, 15) is 10.0 Å². The van der Waals surface area contributed by atoms with Gasteiger partial charge in [0, 0.05) is 6.07 Å². The maximum Gasteiger partial charge on any atom is 0.356 e. The van der Waals surface area contributed by atoms with Crippen LogP contribution >= 0.6 is 0 Å². The quantitative estimate of drug-likeness (QED) is 0.388. The summed E-state index contributed by atoms with van der Waals surface area (Å²) in [6.07, 6.45) is 2.72. The first kappa shape index (κ1) is 9.39. The first-order valence-electron chi connectivity index (χ1n) is 4.28. The standard InChI is InChI=1S/C10H8N2O3/c1-15-10(13)9-3-2-7-6-12(14)5-4-8(7)11-9/h2-6H,1H3. The van der Waals surface area contributed by atoms with E-state index >= 15 is 0 Å². The van der Waals surface area contributed by atoms with Gasteiger partial charge in [0.25, 0.3) is 0 Å². The summed E-state index contributed by atoms with van der Waals surface area (Å²) in [6.45, 7) is 0. The summed E-state index contributed by atoms with van der Waals surface area (Å²) in [5, 5.41) is 11.6. The van der Waals surface area contributed by atoms with E-state index in [1.54, 1.807) is 12.1 Å². The van der Waals surface area contributed by atoms with Gasteiger partial charge >= 0.3 is 5.97 Å². The largest absolute Gasteiger partial charge is 0.619 e. The van der Waals surface area contributed by atoms with Crippen LogP contribution in [-0.4, -0.2) is 18.1 Å². The molecule has 2 rings (SSSR count). The van der Waals surface area contributed by atoms with Gasteiger partial charge in [-0.3, -0.25) is 0 Å². The molecule has 2 heterocycles. The molecule has 0 N–H and O–H groups in total. The first-order valence-corrected chi connectivity index (χ1v) is 4.28. The van der Waals surface area contributed by atoms with E-state index in [-0.39, 0.29) is 5.69 Å². The average molecular weight is 204 g/mol. The Kier molecular flexibility index (Phi) is 2.21. The van der Waals surface area contributed by atoms with Gasteiger partial charge in [-0.2, -0.15) is 4.73 Å². The smallest absolute Gasteiger partial charge is 0.356 e. The van der Waals surface area contributed by atoms with Crippen molar-refractivity contribution in [3.8, 4) is 0 Å². The van der Waals surface area contributed by atoms with Crippen LogP contribution in [0.3, 0.4) is 0 Å². The number of pyridine rings is 2. The number of rotatable bonds is 1. The minimum Gasteiger partial charge on any atom is -0.619 e. The molecule has 0 unspecified atom stereocenters. The lowest BCUT2D eigenvalue weighted by atomic mass is 10.2. The van der Waals surface area contributed by atoms with Crippen molar-refractivity contribution in [1.29, 1.82) is 0 Å². The number of ether oxygens (including phenoxy) is 1. The second-order valence-electron chi connectivity index (χ2n) is 2.97. The number of esters is 1. The molecule has 0 aliphatic heterocycles. The van der Waals surface area contributed by atoms with Gasteiger partial charge in [-0.05, 0) is 12.1 Å². The van der Waals surface area contributed by atoms with Crippen LogP contribution in [0.25, 0.3) is 10.9 Å². The average Bonchev–Trinajstić information content (AvgIpc) is 2.27. The number of carbonyl (C=O) groups excluding carboxylic acids is 1. The number of methoxy groups -OCH3 is 1. The van der Waals surface area contributed by atoms with Crippen molar-refractivity contribution in [3.63, 3.8) is 0 Å². The molecule has 5 heteroatoms. The molecule has 0 saturated heterocycles. The Bertz CT molecular complexity index is 525. The molecular formula is C10H8N2O3. The van der Waals surface area contributed by atoms with E-state index in [0.29, 0.717) is 15.6 Å². The van der Waals surface area contributed by atoms with Crippen molar-refractivity contribution < 1.29 is 14.3 Å². The van der Waals surface area contributed by atoms with E-state index in [2.05, 4.69) is 9.72 Å². The van der Waals surface area contributed by atoms with E-state index in [4.69, 9.17) is 0 Å². The minimum absolute atomic E-state index is 0.230. The molecule has 0 saturated carbocycles. The normalized spacial score (nSPS) is 10.2. The summed E-state index contributed by atoms with van der Waals surface area (Å²) in [5.74, 6) is -0.490. The van der Waals surface area contributed by atoms with E-state index < -0.39 is 5.97 Å². The lowest BCUT2D eigenvalue weighted by Crippen LogP contribution is -2.23. The van der Waals surface area contributed by atoms with E-state index in [1.807, 2.05) is 0 Å². The molecule has 0 aliphatic carbocycles. The van der Waals surface area contributed by atoms with Crippen LogP contribution in [0, 0.1) is 5.21 Å². The number of hydrogen-bond acceptors (Lipinski definition) is 4. The molecule has 2 aromatic rings. The van der Waals surface area contributed by atoms with Gasteiger partial charge in [0.05, 0.1) is 18.0 Å². The Morgan fingerprint density at radius 2 is 2.27 bits per heavy atom. The zero-order chi connectivity index (χ0) is 10.8. The molecule has 0 atom stereocenters. The van der Waals surface area contributed by atoms with Gasteiger partial charge in [-0.15, -0.1) is 0 Å². The third-order valence-electron chi connectivity index (χ3n) is 2.00. The van der Waals surface area contributed by atoms with Gasteiger partial charge in [0.1, 0.15) is 5.69 Å². The topological polar surface area (TPSA) is 66.1 Å². The SMILES string of the molecule is COC(=O)c1ccc2c[n+]([O-])ccc2n1. The zero-order valence-corrected chi connectivity index (χ0v) is 8.01. The predicted molar refractivity (Wildman–Crippen MR) is 52.0 cm³/mol. The van der Waals surface area contributed by atoms with Gasteiger partial charge in [-0.1, -0.05) is 0 Å². The molecule has 0 radical (unpaired) electrons. The second kappa shape index (κ2) is 3.53. The molecule has 2 aromatic heterocycles. The van der Waals surface area contributed by atoms with Crippen molar-refractivity contribution in [2.24, 2.45) is 0 Å². The molecule has 0 aromatic carbocycles. The van der Waals surface area contributed by atoms with E-state index in [0.717, 1.165) is 0 Å². The lowest BCUT2D eigenvalue weighted by molar-refractivity contribution is -0.603. The lowest BCUT2D eigenvalue weighted by Gasteiger charge is -2.01. The second-order valence-corrected chi connectivity index (χ2v) is 2.97. The highest BCUT2D eigenvalue weighted by Gasteiger charge is 2.08. The molecule has 0 aliphatic rings. The maximum absolute atomic E-state index is 11.2. The minimum atomic E-state index is -0.490. The molecule has 0 bridgehead atoms. The third kappa shape index (κ3) is 1.71. The van der Waals surface area contributed by atoms with Crippen LogP contribution in [0.15, 0.2) is 30.6 Å². The molecular weight excluding hydrogens is 196 g/mol. The Balaban J connectivity index is 2.57. The summed E-state index contributed by atoms with van der Waals surface area (Å²) < 4.78 is 5.22.